The van der Waals surface area contributed by atoms with Crippen molar-refractivity contribution in [2.24, 2.45) is 5.92 Å². The Labute approximate surface area is 302 Å². The van der Waals surface area contributed by atoms with Gasteiger partial charge in [0.15, 0.2) is 6.29 Å². The van der Waals surface area contributed by atoms with Crippen LogP contribution in [0.4, 0.5) is 0 Å². The Morgan fingerprint density at radius 3 is 2.33 bits per heavy atom. The number of carbonyl (C=O) groups excluding carboxylic acids is 1. The molecule has 2 heterocycles. The fourth-order valence-electron chi connectivity index (χ4n) is 5.54. The quantitative estimate of drug-likeness (QED) is 0.101. The number of nitrogens with zero attached hydrogens (tertiary/aromatic N) is 4. The largest absolute Gasteiger partial charge is 0.508 e. The van der Waals surface area contributed by atoms with Crippen LogP contribution < -0.4 is 5.32 Å². The van der Waals surface area contributed by atoms with E-state index in [0.717, 1.165) is 39.1 Å². The molecule has 0 saturated carbocycles. The topological polar surface area (TPSA) is 132 Å². The van der Waals surface area contributed by atoms with Gasteiger partial charge >= 0.3 is 0 Å². The van der Waals surface area contributed by atoms with Gasteiger partial charge in [-0.05, 0) is 62.5 Å². The summed E-state index contributed by atoms with van der Waals surface area (Å²) in [4.78, 5) is 12.2. The third-order valence-corrected chi connectivity index (χ3v) is 9.77. The van der Waals surface area contributed by atoms with Crippen LogP contribution in [0.25, 0.3) is 16.8 Å². The summed E-state index contributed by atoms with van der Waals surface area (Å²) in [6.45, 7) is 2.23. The van der Waals surface area contributed by atoms with Gasteiger partial charge in [-0.3, -0.25) is 4.79 Å². The Bertz CT molecular complexity index is 1870. The summed E-state index contributed by atoms with van der Waals surface area (Å²) in [6.07, 6.45) is -1.23. The van der Waals surface area contributed by atoms with Crippen LogP contribution in [-0.2, 0) is 27.4 Å². The van der Waals surface area contributed by atoms with E-state index in [1.165, 1.54) is 11.8 Å². The number of tetrazole rings is 1. The minimum absolute atomic E-state index is 0.0448. The number of alkyl halides is 3. The van der Waals surface area contributed by atoms with Crippen molar-refractivity contribution in [2.45, 2.75) is 47.5 Å². The lowest BCUT2D eigenvalue weighted by atomic mass is 9.91. The molecule has 1 amide bonds. The number of aromatic nitrogens is 4. The number of amides is 1. The number of aliphatic hydroxyl groups excluding tert-OH is 1. The Morgan fingerprint density at radius 1 is 0.939 bits per heavy atom. The molecule has 0 unspecified atom stereocenters. The number of phenols is 1. The highest BCUT2D eigenvalue weighted by Crippen LogP contribution is 2.43. The average Bonchev–Trinajstić information content (AvgIpc) is 3.59. The first-order valence-corrected chi connectivity index (χ1v) is 17.5. The third kappa shape index (κ3) is 8.38. The maximum absolute atomic E-state index is 12.2. The number of carbonyl (C=O) groups is 1. The molecule has 49 heavy (non-hydrogen) atoms. The number of hydrogen-bond acceptors (Lipinski definition) is 9. The molecule has 0 spiro atoms. The SMILES string of the molecule is C[C@H]1[C@@H](CSc2nnnn2-c2ccc(O)cc2)O[C@@H](c2ccc(-c3ccccc3CNC(=O)C(Cl)(Cl)Cl)cc2)O[C@H]1c1ccc(CO)cc1. The Morgan fingerprint density at radius 2 is 1.63 bits per heavy atom. The Balaban J connectivity index is 1.23. The minimum Gasteiger partial charge on any atom is -0.508 e. The van der Waals surface area contributed by atoms with Gasteiger partial charge in [0.25, 0.3) is 9.70 Å². The number of phenolic OH excluding ortho intramolecular Hbond substituents is 1. The zero-order chi connectivity index (χ0) is 34.5. The van der Waals surface area contributed by atoms with Crippen LogP contribution in [0.2, 0.25) is 0 Å². The first-order chi connectivity index (χ1) is 23.6. The van der Waals surface area contributed by atoms with Gasteiger partial charge in [-0.2, -0.15) is 4.68 Å². The normalized spacial score (nSPS) is 19.4. The van der Waals surface area contributed by atoms with Crippen LogP contribution in [0.1, 0.15) is 41.6 Å². The monoisotopic (exact) mass is 739 g/mol. The van der Waals surface area contributed by atoms with E-state index in [0.29, 0.717) is 10.9 Å². The molecule has 10 nitrogen and oxygen atoms in total. The summed E-state index contributed by atoms with van der Waals surface area (Å²) in [5.74, 6) is -0.0533. The molecule has 254 valence electrons. The molecule has 5 aromatic rings. The van der Waals surface area contributed by atoms with Crippen molar-refractivity contribution in [2.75, 3.05) is 5.75 Å². The van der Waals surface area contributed by atoms with Gasteiger partial charge in [-0.15, -0.1) is 5.10 Å². The van der Waals surface area contributed by atoms with Gasteiger partial charge in [0.05, 0.1) is 24.5 Å². The van der Waals surface area contributed by atoms with E-state index in [1.54, 1.807) is 28.9 Å². The molecule has 4 atom stereocenters. The number of thioether (sulfide) groups is 1. The molecule has 0 aliphatic carbocycles. The highest BCUT2D eigenvalue weighted by molar-refractivity contribution is 7.99. The highest BCUT2D eigenvalue weighted by atomic mass is 35.6. The zero-order valence-corrected chi connectivity index (χ0v) is 29.2. The van der Waals surface area contributed by atoms with Gasteiger partial charge in [0, 0.05) is 23.8 Å². The predicted octanol–water partition coefficient (Wildman–Crippen LogP) is 7.10. The van der Waals surface area contributed by atoms with Crippen molar-refractivity contribution in [1.29, 1.82) is 0 Å². The van der Waals surface area contributed by atoms with Crippen LogP contribution in [0, 0.1) is 5.92 Å². The lowest BCUT2D eigenvalue weighted by Crippen LogP contribution is -2.38. The van der Waals surface area contributed by atoms with Crippen LogP contribution in [-0.4, -0.2) is 52.0 Å². The predicted molar refractivity (Wildman–Crippen MR) is 189 cm³/mol. The molecule has 1 aliphatic heterocycles. The van der Waals surface area contributed by atoms with Crippen molar-refractivity contribution in [3.63, 3.8) is 0 Å². The fraction of sp³-hybridized carbons (Fsp3) is 0.257. The molecule has 1 aliphatic rings. The molecule has 4 aromatic carbocycles. The van der Waals surface area contributed by atoms with E-state index < -0.39 is 16.0 Å². The Hall–Kier alpha value is -3.68. The third-order valence-electron chi connectivity index (χ3n) is 8.24. The van der Waals surface area contributed by atoms with Gasteiger partial charge in [0.2, 0.25) is 5.16 Å². The van der Waals surface area contributed by atoms with Crippen LogP contribution in [0.15, 0.2) is 102 Å². The van der Waals surface area contributed by atoms with Gasteiger partial charge in [0.1, 0.15) is 5.75 Å². The molecule has 3 N–H and O–H groups in total. The van der Waals surface area contributed by atoms with Crippen molar-refractivity contribution < 1.29 is 24.5 Å². The standard InChI is InChI=1S/C35H32Cl3N5O5S/c1-21-30(20-49-34-40-41-42-43(34)27-14-16-28(45)17-15-27)47-32(48-31(21)24-8-6-22(19-44)7-9-24)25-12-10-23(11-13-25)29-5-3-2-4-26(29)18-39-33(46)35(36,37)38/h2-17,21,30-32,44-45H,18-20H2,1H3,(H,39,46)/t21-,30+,31+,32+/m0/s1. The number of halogens is 3. The van der Waals surface area contributed by atoms with Crippen molar-refractivity contribution in [3.8, 4) is 22.6 Å². The molecular weight excluding hydrogens is 709 g/mol. The lowest BCUT2D eigenvalue weighted by Gasteiger charge is -2.41. The van der Waals surface area contributed by atoms with Crippen LogP contribution in [0.3, 0.4) is 0 Å². The zero-order valence-electron chi connectivity index (χ0n) is 26.1. The molecule has 1 saturated heterocycles. The first-order valence-electron chi connectivity index (χ1n) is 15.3. The molecule has 1 fully saturated rings. The molecule has 0 bridgehead atoms. The Kier molecular flexibility index (Phi) is 11.1. The molecular formula is C35H32Cl3N5O5S. The summed E-state index contributed by atoms with van der Waals surface area (Å²) >= 11 is 18.7. The van der Waals surface area contributed by atoms with E-state index in [9.17, 15) is 15.0 Å². The average molecular weight is 741 g/mol. The van der Waals surface area contributed by atoms with Gasteiger partial charge < -0.3 is 25.0 Å². The molecule has 6 rings (SSSR count). The molecule has 1 aromatic heterocycles. The van der Waals surface area contributed by atoms with E-state index in [2.05, 4.69) is 27.8 Å². The number of benzene rings is 4. The van der Waals surface area contributed by atoms with Gasteiger partial charge in [-0.1, -0.05) is 126 Å². The van der Waals surface area contributed by atoms with Crippen molar-refractivity contribution >= 4 is 52.5 Å². The maximum atomic E-state index is 12.2. The first kappa shape index (κ1) is 35.2. The minimum atomic E-state index is -2.05. The second-order valence-electron chi connectivity index (χ2n) is 11.5. The summed E-state index contributed by atoms with van der Waals surface area (Å²) in [7, 11) is 0. The highest BCUT2D eigenvalue weighted by Gasteiger charge is 2.39. The van der Waals surface area contributed by atoms with E-state index >= 15 is 0 Å². The summed E-state index contributed by atoms with van der Waals surface area (Å²) < 4.78 is 12.8. The summed E-state index contributed by atoms with van der Waals surface area (Å²) in [5.41, 5.74) is 6.05. The second kappa shape index (κ2) is 15.5. The van der Waals surface area contributed by atoms with E-state index in [-0.39, 0.29) is 37.0 Å². The molecule has 0 radical (unpaired) electrons. The number of ether oxygens (including phenoxy) is 2. The van der Waals surface area contributed by atoms with E-state index in [1.807, 2.05) is 72.8 Å². The second-order valence-corrected chi connectivity index (χ2v) is 14.8. The van der Waals surface area contributed by atoms with Crippen LogP contribution in [0.5, 0.6) is 5.75 Å². The number of hydrogen-bond donors (Lipinski definition) is 3. The van der Waals surface area contributed by atoms with Crippen molar-refractivity contribution in [3.05, 3.63) is 119 Å². The number of aliphatic hydroxyl groups is 1. The smallest absolute Gasteiger partial charge is 0.272 e. The number of nitrogens with one attached hydrogen (secondary N) is 1. The van der Waals surface area contributed by atoms with Crippen LogP contribution >= 0.6 is 46.6 Å². The van der Waals surface area contributed by atoms with Crippen molar-refractivity contribution in [1.82, 2.24) is 25.5 Å². The number of rotatable bonds is 10. The lowest BCUT2D eigenvalue weighted by molar-refractivity contribution is -0.268. The molecule has 14 heteroatoms. The fourth-order valence-corrected chi connectivity index (χ4v) is 6.80. The summed E-state index contributed by atoms with van der Waals surface area (Å²) in [6, 6.07) is 30.0. The van der Waals surface area contributed by atoms with Gasteiger partial charge in [-0.25, -0.2) is 0 Å². The number of aromatic hydroxyl groups is 1. The van der Waals surface area contributed by atoms with E-state index in [4.69, 9.17) is 44.3 Å². The summed E-state index contributed by atoms with van der Waals surface area (Å²) in [5, 5.41) is 34.8. The maximum Gasteiger partial charge on any atom is 0.272 e.